The van der Waals surface area contributed by atoms with Gasteiger partial charge in [-0.3, -0.25) is 0 Å². The van der Waals surface area contributed by atoms with Gasteiger partial charge in [-0.2, -0.15) is 0 Å². The van der Waals surface area contributed by atoms with Crippen LogP contribution in [0.2, 0.25) is 0 Å². The van der Waals surface area contributed by atoms with Crippen molar-refractivity contribution in [1.29, 1.82) is 0 Å². The number of halogens is 1. The first kappa shape index (κ1) is 15.2. The first-order chi connectivity index (χ1) is 8.33. The molecule has 0 spiro atoms. The average Bonchev–Trinajstić information content (AvgIpc) is 2.29. The first-order valence-electron chi connectivity index (χ1n) is 6.79. The summed E-state index contributed by atoms with van der Waals surface area (Å²) in [5.74, 6) is 0.528. The third-order valence-corrected chi connectivity index (χ3v) is 3.95. The number of rotatable bonds is 6. The lowest BCUT2D eigenvalue weighted by atomic mass is 9.81. The summed E-state index contributed by atoms with van der Waals surface area (Å²) in [5.41, 5.74) is 1.06. The minimum absolute atomic E-state index is 0.103. The third kappa shape index (κ3) is 4.41. The van der Waals surface area contributed by atoms with Gasteiger partial charge in [-0.05, 0) is 36.3 Å². The van der Waals surface area contributed by atoms with Crippen LogP contribution in [0.4, 0.5) is 4.39 Å². The van der Waals surface area contributed by atoms with E-state index in [0.29, 0.717) is 12.0 Å². The highest BCUT2D eigenvalue weighted by Gasteiger charge is 2.22. The van der Waals surface area contributed by atoms with E-state index in [4.69, 9.17) is 0 Å². The maximum Gasteiger partial charge on any atom is 0.126 e. The molecule has 0 radical (unpaired) electrons. The molecule has 102 valence electrons. The Labute approximate surface area is 111 Å². The molecule has 0 saturated carbocycles. The zero-order valence-corrected chi connectivity index (χ0v) is 12.3. The van der Waals surface area contributed by atoms with Gasteiger partial charge in [0.1, 0.15) is 5.82 Å². The molecule has 1 nitrogen and oxygen atoms in total. The van der Waals surface area contributed by atoms with Crippen molar-refractivity contribution in [2.75, 3.05) is 6.54 Å². The molecule has 1 aromatic carbocycles. The van der Waals surface area contributed by atoms with Crippen LogP contribution in [0, 0.1) is 17.2 Å². The van der Waals surface area contributed by atoms with E-state index in [1.54, 1.807) is 6.07 Å². The second kappa shape index (κ2) is 6.33. The van der Waals surface area contributed by atoms with Crippen LogP contribution in [-0.2, 0) is 6.42 Å². The Balaban J connectivity index is 2.48. The summed E-state index contributed by atoms with van der Waals surface area (Å²) >= 11 is 0. The van der Waals surface area contributed by atoms with Crippen LogP contribution >= 0.6 is 0 Å². The molecule has 1 unspecified atom stereocenters. The van der Waals surface area contributed by atoms with Crippen LogP contribution in [0.25, 0.3) is 0 Å². The summed E-state index contributed by atoms with van der Waals surface area (Å²) in [5, 5.41) is 3.51. The van der Waals surface area contributed by atoms with Gasteiger partial charge in [0.2, 0.25) is 0 Å². The normalized spacial score (nSPS) is 13.9. The van der Waals surface area contributed by atoms with Crippen LogP contribution in [0.3, 0.4) is 0 Å². The maximum atomic E-state index is 13.5. The number of hydrogen-bond donors (Lipinski definition) is 1. The fourth-order valence-corrected chi connectivity index (χ4v) is 1.71. The van der Waals surface area contributed by atoms with Crippen molar-refractivity contribution in [2.24, 2.45) is 11.3 Å². The smallest absolute Gasteiger partial charge is 0.126 e. The summed E-state index contributed by atoms with van der Waals surface area (Å²) in [6.45, 7) is 12.1. The molecule has 2 heteroatoms. The van der Waals surface area contributed by atoms with Crippen LogP contribution in [0.15, 0.2) is 24.3 Å². The van der Waals surface area contributed by atoms with Crippen LogP contribution < -0.4 is 5.32 Å². The molecule has 0 aliphatic rings. The largest absolute Gasteiger partial charge is 0.313 e. The van der Waals surface area contributed by atoms with E-state index in [0.717, 1.165) is 18.5 Å². The molecule has 0 heterocycles. The van der Waals surface area contributed by atoms with Crippen molar-refractivity contribution in [3.05, 3.63) is 35.6 Å². The SMILES string of the molecule is CC(Cc1ccccc1F)NCC(C)(C)C(C)C. The molecule has 0 aliphatic heterocycles. The zero-order valence-electron chi connectivity index (χ0n) is 12.3. The molecule has 1 rings (SSSR count). The Morgan fingerprint density at radius 2 is 1.78 bits per heavy atom. The van der Waals surface area contributed by atoms with Crippen molar-refractivity contribution in [3.8, 4) is 0 Å². The Morgan fingerprint density at radius 3 is 2.33 bits per heavy atom. The number of benzene rings is 1. The van der Waals surface area contributed by atoms with E-state index in [9.17, 15) is 4.39 Å². The summed E-state index contributed by atoms with van der Waals surface area (Å²) < 4.78 is 13.5. The van der Waals surface area contributed by atoms with Crippen molar-refractivity contribution in [2.45, 2.75) is 47.1 Å². The van der Waals surface area contributed by atoms with Crippen LogP contribution in [-0.4, -0.2) is 12.6 Å². The lowest BCUT2D eigenvalue weighted by molar-refractivity contribution is 0.229. The fourth-order valence-electron chi connectivity index (χ4n) is 1.71. The Morgan fingerprint density at radius 1 is 1.17 bits per heavy atom. The van der Waals surface area contributed by atoms with Crippen molar-refractivity contribution in [3.63, 3.8) is 0 Å². The molecular weight excluding hydrogens is 225 g/mol. The predicted molar refractivity (Wildman–Crippen MR) is 76.2 cm³/mol. The van der Waals surface area contributed by atoms with Crippen molar-refractivity contribution in [1.82, 2.24) is 5.32 Å². The lowest BCUT2D eigenvalue weighted by Crippen LogP contribution is -2.39. The summed E-state index contributed by atoms with van der Waals surface area (Å²) in [7, 11) is 0. The maximum absolute atomic E-state index is 13.5. The fraction of sp³-hybridized carbons (Fsp3) is 0.625. The van der Waals surface area contributed by atoms with Gasteiger partial charge in [0.15, 0.2) is 0 Å². The highest BCUT2D eigenvalue weighted by molar-refractivity contribution is 5.18. The lowest BCUT2D eigenvalue weighted by Gasteiger charge is -2.31. The predicted octanol–water partition coefficient (Wildman–Crippen LogP) is 4.03. The molecule has 1 aromatic rings. The molecule has 1 N–H and O–H groups in total. The molecule has 0 fully saturated rings. The zero-order chi connectivity index (χ0) is 13.8. The van der Waals surface area contributed by atoms with Crippen LogP contribution in [0.1, 0.15) is 40.2 Å². The van der Waals surface area contributed by atoms with E-state index >= 15 is 0 Å². The van der Waals surface area contributed by atoms with E-state index in [1.807, 2.05) is 12.1 Å². The monoisotopic (exact) mass is 251 g/mol. The minimum atomic E-state index is -0.103. The average molecular weight is 251 g/mol. The second-order valence-corrected chi connectivity index (χ2v) is 6.22. The van der Waals surface area contributed by atoms with Gasteiger partial charge in [-0.15, -0.1) is 0 Å². The van der Waals surface area contributed by atoms with Gasteiger partial charge in [0.05, 0.1) is 0 Å². The van der Waals surface area contributed by atoms with Gasteiger partial charge < -0.3 is 5.32 Å². The molecule has 18 heavy (non-hydrogen) atoms. The van der Waals surface area contributed by atoms with E-state index < -0.39 is 0 Å². The minimum Gasteiger partial charge on any atom is -0.313 e. The topological polar surface area (TPSA) is 12.0 Å². The van der Waals surface area contributed by atoms with Crippen LogP contribution in [0.5, 0.6) is 0 Å². The quantitative estimate of drug-likeness (QED) is 0.805. The molecule has 0 aliphatic carbocycles. The highest BCUT2D eigenvalue weighted by Crippen LogP contribution is 2.25. The standard InChI is InChI=1S/C16H26FN/c1-12(2)16(4,5)11-18-13(3)10-14-8-6-7-9-15(14)17/h6-9,12-13,18H,10-11H2,1-5H3. The van der Waals surface area contributed by atoms with Gasteiger partial charge in [-0.25, -0.2) is 4.39 Å². The number of nitrogens with one attached hydrogen (secondary N) is 1. The summed E-state index contributed by atoms with van der Waals surface area (Å²) in [4.78, 5) is 0. The summed E-state index contributed by atoms with van der Waals surface area (Å²) in [6, 6.07) is 7.31. The second-order valence-electron chi connectivity index (χ2n) is 6.22. The molecule has 0 bridgehead atoms. The molecule has 1 atom stereocenters. The van der Waals surface area contributed by atoms with Gasteiger partial charge in [0.25, 0.3) is 0 Å². The number of hydrogen-bond acceptors (Lipinski definition) is 1. The molecule has 0 saturated heterocycles. The Hall–Kier alpha value is -0.890. The molecular formula is C16H26FN. The third-order valence-electron chi connectivity index (χ3n) is 3.95. The van der Waals surface area contributed by atoms with Crippen molar-refractivity contribution < 1.29 is 4.39 Å². The molecule has 0 amide bonds. The highest BCUT2D eigenvalue weighted by atomic mass is 19.1. The Bertz CT molecular complexity index is 371. The van der Waals surface area contributed by atoms with E-state index in [1.165, 1.54) is 6.07 Å². The van der Waals surface area contributed by atoms with Gasteiger partial charge in [0, 0.05) is 12.6 Å². The van der Waals surface area contributed by atoms with E-state index in [2.05, 4.69) is 39.9 Å². The first-order valence-corrected chi connectivity index (χ1v) is 6.79. The summed E-state index contributed by atoms with van der Waals surface area (Å²) in [6.07, 6.45) is 0.737. The van der Waals surface area contributed by atoms with E-state index in [-0.39, 0.29) is 11.2 Å². The van der Waals surface area contributed by atoms with Crippen molar-refractivity contribution >= 4 is 0 Å². The molecule has 0 aromatic heterocycles. The van der Waals surface area contributed by atoms with Gasteiger partial charge in [-0.1, -0.05) is 45.9 Å². The van der Waals surface area contributed by atoms with Gasteiger partial charge >= 0.3 is 0 Å². The Kier molecular flexibility index (Phi) is 5.33.